The Morgan fingerprint density at radius 2 is 1.71 bits per heavy atom. The Labute approximate surface area is 123 Å². The molecule has 0 aliphatic carbocycles. The maximum absolute atomic E-state index is 13.5. The third-order valence-electron chi connectivity index (χ3n) is 3.27. The molecule has 0 aliphatic heterocycles. The lowest BCUT2D eigenvalue weighted by Gasteiger charge is -2.07. The fraction of sp³-hybridized carbons (Fsp3) is 0.118. The first kappa shape index (κ1) is 13.4. The van der Waals surface area contributed by atoms with Crippen LogP contribution in [-0.4, -0.2) is 16.3 Å². The van der Waals surface area contributed by atoms with E-state index in [1.54, 1.807) is 12.1 Å². The molecule has 3 aromatic rings. The Bertz CT molecular complexity index is 707. The molecule has 2 aromatic carbocycles. The lowest BCUT2D eigenvalue weighted by atomic mass is 10.1. The average Bonchev–Trinajstić information content (AvgIpc) is 2.99. The van der Waals surface area contributed by atoms with Crippen LogP contribution in [0.3, 0.4) is 0 Å². The Balaban J connectivity index is 1.60. The second-order valence-corrected chi connectivity index (χ2v) is 4.76. The summed E-state index contributed by atoms with van der Waals surface area (Å²) in [6, 6.07) is 16.8. The maximum Gasteiger partial charge on any atom is 0.146 e. The number of hydrogen-bond acceptors (Lipinski definition) is 2. The van der Waals surface area contributed by atoms with E-state index in [1.807, 2.05) is 41.3 Å². The summed E-state index contributed by atoms with van der Waals surface area (Å²) < 4.78 is 15.3. The molecule has 0 saturated carbocycles. The van der Waals surface area contributed by atoms with Crippen LogP contribution >= 0.6 is 0 Å². The molecule has 0 amide bonds. The van der Waals surface area contributed by atoms with Gasteiger partial charge in [-0.3, -0.25) is 4.68 Å². The second kappa shape index (κ2) is 6.22. The van der Waals surface area contributed by atoms with Crippen molar-refractivity contribution < 1.29 is 4.39 Å². The molecule has 0 radical (unpaired) electrons. The van der Waals surface area contributed by atoms with Gasteiger partial charge in [-0.15, -0.1) is 0 Å². The monoisotopic (exact) mass is 281 g/mol. The molecule has 3 nitrogen and oxygen atoms in total. The van der Waals surface area contributed by atoms with Crippen molar-refractivity contribution in [1.29, 1.82) is 0 Å². The molecule has 0 aliphatic rings. The highest BCUT2D eigenvalue weighted by Gasteiger charge is 2.02. The van der Waals surface area contributed by atoms with Gasteiger partial charge in [0.1, 0.15) is 5.82 Å². The molecule has 0 fully saturated rings. The summed E-state index contributed by atoms with van der Waals surface area (Å²) in [6.45, 7) is 1.30. The van der Waals surface area contributed by atoms with Gasteiger partial charge in [-0.05, 0) is 17.7 Å². The zero-order chi connectivity index (χ0) is 14.5. The topological polar surface area (TPSA) is 29.9 Å². The predicted molar refractivity (Wildman–Crippen MR) is 82.6 cm³/mol. The van der Waals surface area contributed by atoms with E-state index in [-0.39, 0.29) is 5.82 Å². The van der Waals surface area contributed by atoms with Crippen LogP contribution in [0.5, 0.6) is 0 Å². The number of nitrogens with one attached hydrogen (secondary N) is 1. The number of anilines is 1. The van der Waals surface area contributed by atoms with Crippen molar-refractivity contribution in [2.24, 2.45) is 0 Å². The van der Waals surface area contributed by atoms with Crippen LogP contribution in [0.15, 0.2) is 67.0 Å². The average molecular weight is 281 g/mol. The van der Waals surface area contributed by atoms with Crippen LogP contribution in [0.25, 0.3) is 11.1 Å². The molecule has 4 heteroatoms. The van der Waals surface area contributed by atoms with Crippen LogP contribution in [0.4, 0.5) is 10.1 Å². The smallest absolute Gasteiger partial charge is 0.146 e. The molecule has 3 rings (SSSR count). The van der Waals surface area contributed by atoms with Gasteiger partial charge in [0.15, 0.2) is 0 Å². The number of nitrogens with zero attached hydrogens (tertiary/aromatic N) is 2. The van der Waals surface area contributed by atoms with Gasteiger partial charge in [-0.2, -0.15) is 5.10 Å². The lowest BCUT2D eigenvalue weighted by Crippen LogP contribution is -2.11. The quantitative estimate of drug-likeness (QED) is 0.771. The van der Waals surface area contributed by atoms with E-state index < -0.39 is 0 Å². The molecule has 1 heterocycles. The van der Waals surface area contributed by atoms with E-state index in [0.29, 0.717) is 18.8 Å². The van der Waals surface area contributed by atoms with Crippen molar-refractivity contribution in [3.8, 4) is 11.1 Å². The molecule has 1 N–H and O–H groups in total. The molecule has 0 bridgehead atoms. The van der Waals surface area contributed by atoms with Crippen LogP contribution in [0, 0.1) is 5.82 Å². The summed E-state index contributed by atoms with van der Waals surface area (Å²) >= 11 is 0. The number of benzene rings is 2. The van der Waals surface area contributed by atoms with Crippen molar-refractivity contribution >= 4 is 5.69 Å². The van der Waals surface area contributed by atoms with E-state index in [1.165, 1.54) is 6.07 Å². The summed E-state index contributed by atoms with van der Waals surface area (Å²) in [4.78, 5) is 0. The van der Waals surface area contributed by atoms with Crippen LogP contribution in [0.1, 0.15) is 0 Å². The molecule has 0 saturated heterocycles. The molecule has 0 atom stereocenters. The van der Waals surface area contributed by atoms with Gasteiger partial charge in [0.2, 0.25) is 0 Å². The van der Waals surface area contributed by atoms with Crippen molar-refractivity contribution in [3.05, 3.63) is 72.8 Å². The first-order chi connectivity index (χ1) is 10.3. The Morgan fingerprint density at radius 3 is 2.52 bits per heavy atom. The minimum atomic E-state index is -0.233. The molecule has 1 aromatic heterocycles. The van der Waals surface area contributed by atoms with Gasteiger partial charge in [0, 0.05) is 18.3 Å². The molecule has 106 valence electrons. The standard InChI is InChI=1S/C17H16FN3/c18-16-8-4-5-9-17(16)19-10-11-21-13-15(12-20-21)14-6-2-1-3-7-14/h1-9,12-13,19H,10-11H2. The van der Waals surface area contributed by atoms with Gasteiger partial charge in [0.25, 0.3) is 0 Å². The van der Waals surface area contributed by atoms with Crippen LogP contribution < -0.4 is 5.32 Å². The highest BCUT2D eigenvalue weighted by atomic mass is 19.1. The molecular formula is C17H16FN3. The van der Waals surface area contributed by atoms with Gasteiger partial charge >= 0.3 is 0 Å². The molecular weight excluding hydrogens is 265 g/mol. The fourth-order valence-corrected chi connectivity index (χ4v) is 2.18. The van der Waals surface area contributed by atoms with Gasteiger partial charge < -0.3 is 5.32 Å². The van der Waals surface area contributed by atoms with Gasteiger partial charge in [-0.1, -0.05) is 42.5 Å². The SMILES string of the molecule is Fc1ccccc1NCCn1cc(-c2ccccc2)cn1. The van der Waals surface area contributed by atoms with E-state index in [2.05, 4.69) is 22.5 Å². The first-order valence-electron chi connectivity index (χ1n) is 6.89. The summed E-state index contributed by atoms with van der Waals surface area (Å²) in [6.07, 6.45) is 3.84. The normalized spacial score (nSPS) is 10.5. The zero-order valence-electron chi connectivity index (χ0n) is 11.5. The summed E-state index contributed by atoms with van der Waals surface area (Å²) in [7, 11) is 0. The summed E-state index contributed by atoms with van der Waals surface area (Å²) in [5, 5.41) is 7.40. The number of aromatic nitrogens is 2. The maximum atomic E-state index is 13.5. The Hall–Kier alpha value is -2.62. The highest BCUT2D eigenvalue weighted by Crippen LogP contribution is 2.17. The summed E-state index contributed by atoms with van der Waals surface area (Å²) in [5.74, 6) is -0.233. The number of halogens is 1. The van der Waals surface area contributed by atoms with E-state index in [4.69, 9.17) is 0 Å². The van der Waals surface area contributed by atoms with Gasteiger partial charge in [-0.25, -0.2) is 4.39 Å². The van der Waals surface area contributed by atoms with Gasteiger partial charge in [0.05, 0.1) is 18.4 Å². The number of hydrogen-bond donors (Lipinski definition) is 1. The molecule has 0 spiro atoms. The van der Waals surface area contributed by atoms with Crippen LogP contribution in [-0.2, 0) is 6.54 Å². The third-order valence-corrected chi connectivity index (χ3v) is 3.27. The second-order valence-electron chi connectivity index (χ2n) is 4.76. The molecule has 21 heavy (non-hydrogen) atoms. The number of rotatable bonds is 5. The fourth-order valence-electron chi connectivity index (χ4n) is 2.18. The minimum absolute atomic E-state index is 0.233. The zero-order valence-corrected chi connectivity index (χ0v) is 11.5. The Morgan fingerprint density at radius 1 is 0.952 bits per heavy atom. The number of para-hydroxylation sites is 1. The Kier molecular flexibility index (Phi) is 3.96. The third kappa shape index (κ3) is 3.28. The highest BCUT2D eigenvalue weighted by molar-refractivity contribution is 5.61. The van der Waals surface area contributed by atoms with E-state index in [9.17, 15) is 4.39 Å². The van der Waals surface area contributed by atoms with Crippen molar-refractivity contribution in [1.82, 2.24) is 9.78 Å². The predicted octanol–water partition coefficient (Wildman–Crippen LogP) is 3.80. The largest absolute Gasteiger partial charge is 0.381 e. The lowest BCUT2D eigenvalue weighted by molar-refractivity contribution is 0.618. The minimum Gasteiger partial charge on any atom is -0.381 e. The van der Waals surface area contributed by atoms with Crippen molar-refractivity contribution in [2.45, 2.75) is 6.54 Å². The van der Waals surface area contributed by atoms with E-state index >= 15 is 0 Å². The van der Waals surface area contributed by atoms with Crippen LogP contribution in [0.2, 0.25) is 0 Å². The van der Waals surface area contributed by atoms with Crippen molar-refractivity contribution in [2.75, 3.05) is 11.9 Å². The summed E-state index contributed by atoms with van der Waals surface area (Å²) in [5.41, 5.74) is 2.75. The first-order valence-corrected chi connectivity index (χ1v) is 6.89. The van der Waals surface area contributed by atoms with E-state index in [0.717, 1.165) is 11.1 Å². The molecule has 0 unspecified atom stereocenters. The van der Waals surface area contributed by atoms with Crippen molar-refractivity contribution in [3.63, 3.8) is 0 Å².